The van der Waals surface area contributed by atoms with E-state index in [0.717, 1.165) is 22.2 Å². The third-order valence-corrected chi connectivity index (χ3v) is 2.85. The van der Waals surface area contributed by atoms with Crippen molar-refractivity contribution >= 4 is 15.9 Å². The summed E-state index contributed by atoms with van der Waals surface area (Å²) in [6, 6.07) is 5.94. The van der Waals surface area contributed by atoms with Crippen LogP contribution in [0.15, 0.2) is 22.7 Å². The van der Waals surface area contributed by atoms with Crippen LogP contribution in [0.25, 0.3) is 0 Å². The molecular formula is C13H20BrNO3. The van der Waals surface area contributed by atoms with Crippen molar-refractivity contribution < 1.29 is 14.2 Å². The van der Waals surface area contributed by atoms with Crippen LogP contribution < -0.4 is 10.5 Å². The van der Waals surface area contributed by atoms with Gasteiger partial charge in [0.15, 0.2) is 0 Å². The highest BCUT2D eigenvalue weighted by atomic mass is 79.9. The number of nitrogens with two attached hydrogens (primary N) is 1. The molecule has 0 aromatic heterocycles. The Morgan fingerprint density at radius 1 is 1.17 bits per heavy atom. The number of hydrogen-bond donors (Lipinski definition) is 1. The van der Waals surface area contributed by atoms with Crippen molar-refractivity contribution in [2.24, 2.45) is 5.73 Å². The third-order valence-electron chi connectivity index (χ3n) is 2.35. The van der Waals surface area contributed by atoms with Gasteiger partial charge in [0.05, 0.1) is 19.8 Å². The van der Waals surface area contributed by atoms with Crippen molar-refractivity contribution in [2.45, 2.75) is 6.42 Å². The minimum Gasteiger partial charge on any atom is -0.491 e. The highest BCUT2D eigenvalue weighted by Crippen LogP contribution is 2.23. The highest BCUT2D eigenvalue weighted by Gasteiger charge is 2.04. The van der Waals surface area contributed by atoms with E-state index in [4.69, 9.17) is 19.9 Å². The smallest absolute Gasteiger partial charge is 0.122 e. The summed E-state index contributed by atoms with van der Waals surface area (Å²) in [7, 11) is 1.65. The molecule has 0 heterocycles. The zero-order chi connectivity index (χ0) is 13.2. The van der Waals surface area contributed by atoms with Gasteiger partial charge in [-0.2, -0.15) is 0 Å². The fraction of sp³-hybridized carbons (Fsp3) is 0.538. The molecule has 0 atom stereocenters. The van der Waals surface area contributed by atoms with E-state index >= 15 is 0 Å². The molecule has 0 aliphatic rings. The molecule has 5 heteroatoms. The molecule has 0 saturated heterocycles. The Morgan fingerprint density at radius 2 is 1.94 bits per heavy atom. The van der Waals surface area contributed by atoms with E-state index in [1.807, 2.05) is 18.2 Å². The maximum absolute atomic E-state index is 5.68. The van der Waals surface area contributed by atoms with Crippen LogP contribution in [0.1, 0.15) is 5.56 Å². The van der Waals surface area contributed by atoms with E-state index in [2.05, 4.69) is 15.9 Å². The van der Waals surface area contributed by atoms with Crippen LogP contribution >= 0.6 is 15.9 Å². The molecule has 0 saturated carbocycles. The SMILES string of the molecule is COCCOCCOc1ccc(Br)cc1CCN. The van der Waals surface area contributed by atoms with Crippen LogP contribution in [0.5, 0.6) is 5.75 Å². The number of benzene rings is 1. The molecular weight excluding hydrogens is 298 g/mol. The van der Waals surface area contributed by atoms with E-state index in [9.17, 15) is 0 Å². The van der Waals surface area contributed by atoms with Crippen LogP contribution in [0, 0.1) is 0 Å². The molecule has 1 aromatic carbocycles. The molecule has 18 heavy (non-hydrogen) atoms. The van der Waals surface area contributed by atoms with E-state index in [1.165, 1.54) is 0 Å². The molecule has 0 spiro atoms. The maximum Gasteiger partial charge on any atom is 0.122 e. The summed E-state index contributed by atoms with van der Waals surface area (Å²) in [5, 5.41) is 0. The number of ether oxygens (including phenoxy) is 3. The fourth-order valence-electron chi connectivity index (χ4n) is 1.49. The van der Waals surface area contributed by atoms with Crippen LogP contribution in [0.4, 0.5) is 0 Å². The molecule has 4 nitrogen and oxygen atoms in total. The minimum absolute atomic E-state index is 0.531. The Balaban J connectivity index is 2.36. The molecule has 0 bridgehead atoms. The van der Waals surface area contributed by atoms with Crippen molar-refractivity contribution in [2.75, 3.05) is 40.1 Å². The molecule has 1 rings (SSSR count). The second kappa shape index (κ2) is 9.33. The lowest BCUT2D eigenvalue weighted by Gasteiger charge is -2.11. The molecule has 0 amide bonds. The largest absolute Gasteiger partial charge is 0.491 e. The predicted octanol–water partition coefficient (Wildman–Crippen LogP) is 1.99. The summed E-state index contributed by atoms with van der Waals surface area (Å²) >= 11 is 3.44. The molecule has 0 aliphatic heterocycles. The lowest BCUT2D eigenvalue weighted by Crippen LogP contribution is -2.11. The summed E-state index contributed by atoms with van der Waals surface area (Å²) in [6.45, 7) is 2.90. The van der Waals surface area contributed by atoms with Gasteiger partial charge in [-0.25, -0.2) is 0 Å². The standard InChI is InChI=1S/C13H20BrNO3/c1-16-6-7-17-8-9-18-13-3-2-12(14)10-11(13)4-5-15/h2-3,10H,4-9,15H2,1H3. The van der Waals surface area contributed by atoms with Crippen LogP contribution in [0.2, 0.25) is 0 Å². The molecule has 0 aliphatic carbocycles. The average Bonchev–Trinajstić information content (AvgIpc) is 2.36. The van der Waals surface area contributed by atoms with Crippen molar-refractivity contribution in [1.29, 1.82) is 0 Å². The van der Waals surface area contributed by atoms with Gasteiger partial charge in [0, 0.05) is 11.6 Å². The Labute approximate surface area is 117 Å². The average molecular weight is 318 g/mol. The second-order valence-corrected chi connectivity index (χ2v) is 4.66. The lowest BCUT2D eigenvalue weighted by atomic mass is 10.1. The third kappa shape index (κ3) is 5.82. The predicted molar refractivity (Wildman–Crippen MR) is 75.1 cm³/mol. The molecule has 2 N–H and O–H groups in total. The first-order chi connectivity index (χ1) is 8.77. The molecule has 0 fully saturated rings. The first-order valence-corrected chi connectivity index (χ1v) is 6.75. The second-order valence-electron chi connectivity index (χ2n) is 3.74. The molecule has 1 aromatic rings. The zero-order valence-electron chi connectivity index (χ0n) is 10.7. The lowest BCUT2D eigenvalue weighted by molar-refractivity contribution is 0.0543. The van der Waals surface area contributed by atoms with Crippen LogP contribution in [0.3, 0.4) is 0 Å². The Hall–Kier alpha value is -0.620. The molecule has 102 valence electrons. The first-order valence-electron chi connectivity index (χ1n) is 5.96. The minimum atomic E-state index is 0.531. The van der Waals surface area contributed by atoms with E-state index < -0.39 is 0 Å². The Kier molecular flexibility index (Phi) is 8.00. The summed E-state index contributed by atoms with van der Waals surface area (Å²) < 4.78 is 16.9. The van der Waals surface area contributed by atoms with E-state index in [1.54, 1.807) is 7.11 Å². The van der Waals surface area contributed by atoms with Crippen LogP contribution in [-0.2, 0) is 15.9 Å². The van der Waals surface area contributed by atoms with Gasteiger partial charge in [-0.1, -0.05) is 15.9 Å². The van der Waals surface area contributed by atoms with Gasteiger partial charge < -0.3 is 19.9 Å². The van der Waals surface area contributed by atoms with E-state index in [0.29, 0.717) is 33.0 Å². The van der Waals surface area contributed by atoms with E-state index in [-0.39, 0.29) is 0 Å². The van der Waals surface area contributed by atoms with Gasteiger partial charge >= 0.3 is 0 Å². The van der Waals surface area contributed by atoms with Crippen LogP contribution in [-0.4, -0.2) is 40.1 Å². The quantitative estimate of drug-likeness (QED) is 0.708. The van der Waals surface area contributed by atoms with Gasteiger partial charge in [0.25, 0.3) is 0 Å². The fourth-order valence-corrected chi connectivity index (χ4v) is 1.90. The normalized spacial score (nSPS) is 10.6. The summed E-state index contributed by atoms with van der Waals surface area (Å²) in [6.07, 6.45) is 0.805. The van der Waals surface area contributed by atoms with Gasteiger partial charge in [-0.05, 0) is 36.7 Å². The number of halogens is 1. The number of rotatable bonds is 9. The topological polar surface area (TPSA) is 53.7 Å². The summed E-state index contributed by atoms with van der Waals surface area (Å²) in [4.78, 5) is 0. The Morgan fingerprint density at radius 3 is 2.67 bits per heavy atom. The molecule has 0 radical (unpaired) electrons. The monoisotopic (exact) mass is 317 g/mol. The van der Waals surface area contributed by atoms with Gasteiger partial charge in [-0.15, -0.1) is 0 Å². The first kappa shape index (κ1) is 15.4. The summed E-state index contributed by atoms with van der Waals surface area (Å²) in [5.41, 5.74) is 6.69. The number of hydrogen-bond acceptors (Lipinski definition) is 4. The van der Waals surface area contributed by atoms with Gasteiger partial charge in [0.2, 0.25) is 0 Å². The van der Waals surface area contributed by atoms with Gasteiger partial charge in [-0.3, -0.25) is 0 Å². The molecule has 0 unspecified atom stereocenters. The highest BCUT2D eigenvalue weighted by molar-refractivity contribution is 9.10. The van der Waals surface area contributed by atoms with Crippen molar-refractivity contribution in [3.8, 4) is 5.75 Å². The van der Waals surface area contributed by atoms with Crippen molar-refractivity contribution in [3.05, 3.63) is 28.2 Å². The van der Waals surface area contributed by atoms with Gasteiger partial charge in [0.1, 0.15) is 12.4 Å². The summed E-state index contributed by atoms with van der Waals surface area (Å²) in [5.74, 6) is 0.874. The zero-order valence-corrected chi connectivity index (χ0v) is 12.2. The maximum atomic E-state index is 5.68. The Bertz CT molecular complexity index is 347. The van der Waals surface area contributed by atoms with Crippen molar-refractivity contribution in [3.63, 3.8) is 0 Å². The number of methoxy groups -OCH3 is 1. The van der Waals surface area contributed by atoms with Crippen molar-refractivity contribution in [1.82, 2.24) is 0 Å².